The van der Waals surface area contributed by atoms with Gasteiger partial charge in [0.2, 0.25) is 0 Å². The van der Waals surface area contributed by atoms with Crippen molar-refractivity contribution < 1.29 is 0 Å². The average Bonchev–Trinajstić information content (AvgIpc) is 3.14. The maximum atomic E-state index is 4.47. The lowest BCUT2D eigenvalue weighted by atomic mass is 9.74. The lowest BCUT2D eigenvalue weighted by Crippen LogP contribution is -2.41. The SMILES string of the molecule is CC(C)(c1nnc2c3[nH]cnc3ncn12)C1CCCNC1. The zero-order chi connectivity index (χ0) is 14.4. The van der Waals surface area contributed by atoms with E-state index < -0.39 is 0 Å². The van der Waals surface area contributed by atoms with Gasteiger partial charge in [-0.1, -0.05) is 13.8 Å². The molecule has 4 heterocycles. The van der Waals surface area contributed by atoms with Crippen LogP contribution in [0.25, 0.3) is 16.8 Å². The fourth-order valence-electron chi connectivity index (χ4n) is 3.32. The van der Waals surface area contributed by atoms with Crippen molar-refractivity contribution in [1.29, 1.82) is 0 Å². The van der Waals surface area contributed by atoms with Gasteiger partial charge in [0, 0.05) is 5.41 Å². The smallest absolute Gasteiger partial charge is 0.189 e. The average molecular weight is 285 g/mol. The van der Waals surface area contributed by atoms with Gasteiger partial charge in [0.15, 0.2) is 11.3 Å². The monoisotopic (exact) mass is 285 g/mol. The first kappa shape index (κ1) is 12.7. The van der Waals surface area contributed by atoms with Crippen molar-refractivity contribution >= 4 is 16.8 Å². The van der Waals surface area contributed by atoms with E-state index in [9.17, 15) is 0 Å². The van der Waals surface area contributed by atoms with E-state index in [0.717, 1.165) is 30.1 Å². The molecule has 0 radical (unpaired) electrons. The van der Waals surface area contributed by atoms with E-state index in [4.69, 9.17) is 0 Å². The summed E-state index contributed by atoms with van der Waals surface area (Å²) < 4.78 is 2.00. The van der Waals surface area contributed by atoms with E-state index in [0.29, 0.717) is 11.6 Å². The fraction of sp³-hybridized carbons (Fsp3) is 0.571. The predicted molar refractivity (Wildman–Crippen MR) is 79.1 cm³/mol. The first-order chi connectivity index (χ1) is 10.2. The van der Waals surface area contributed by atoms with Crippen molar-refractivity contribution in [2.24, 2.45) is 5.92 Å². The molecule has 4 rings (SSSR count). The Kier molecular flexibility index (Phi) is 2.72. The summed E-state index contributed by atoms with van der Waals surface area (Å²) in [6.07, 6.45) is 5.86. The number of nitrogens with one attached hydrogen (secondary N) is 2. The molecular formula is C14H19N7. The number of fused-ring (bicyclic) bond motifs is 3. The summed E-state index contributed by atoms with van der Waals surface area (Å²) in [6.45, 7) is 6.64. The Labute approximate surface area is 122 Å². The number of aromatic amines is 1. The summed E-state index contributed by atoms with van der Waals surface area (Å²) >= 11 is 0. The van der Waals surface area contributed by atoms with Crippen LogP contribution in [0, 0.1) is 5.92 Å². The topological polar surface area (TPSA) is 83.8 Å². The van der Waals surface area contributed by atoms with Gasteiger partial charge in [-0.05, 0) is 31.8 Å². The number of piperidine rings is 1. The first-order valence-electron chi connectivity index (χ1n) is 7.42. The van der Waals surface area contributed by atoms with Crippen molar-refractivity contribution in [3.63, 3.8) is 0 Å². The Morgan fingerprint density at radius 1 is 1.29 bits per heavy atom. The molecule has 0 aromatic carbocycles. The Bertz CT molecular complexity index is 779. The lowest BCUT2D eigenvalue weighted by Gasteiger charge is -2.35. The molecule has 1 fully saturated rings. The Morgan fingerprint density at radius 3 is 3.00 bits per heavy atom. The van der Waals surface area contributed by atoms with Crippen LogP contribution in [0.4, 0.5) is 0 Å². The van der Waals surface area contributed by atoms with Crippen LogP contribution in [-0.4, -0.2) is 42.6 Å². The second-order valence-electron chi connectivity index (χ2n) is 6.33. The van der Waals surface area contributed by atoms with Crippen molar-refractivity contribution in [2.45, 2.75) is 32.1 Å². The van der Waals surface area contributed by atoms with Crippen molar-refractivity contribution in [3.8, 4) is 0 Å². The number of rotatable bonds is 2. The second kappa shape index (κ2) is 4.49. The van der Waals surface area contributed by atoms with Crippen LogP contribution in [0.15, 0.2) is 12.7 Å². The van der Waals surface area contributed by atoms with Crippen LogP contribution in [0.5, 0.6) is 0 Å². The van der Waals surface area contributed by atoms with E-state index in [1.165, 1.54) is 12.8 Å². The van der Waals surface area contributed by atoms with Gasteiger partial charge in [-0.25, -0.2) is 9.97 Å². The summed E-state index contributed by atoms with van der Waals surface area (Å²) in [6, 6.07) is 0. The van der Waals surface area contributed by atoms with Crippen molar-refractivity contribution in [3.05, 3.63) is 18.5 Å². The highest BCUT2D eigenvalue weighted by Gasteiger charge is 2.36. The third kappa shape index (κ3) is 1.84. The predicted octanol–water partition coefficient (Wildman–Crippen LogP) is 1.28. The van der Waals surface area contributed by atoms with Crippen LogP contribution in [0.1, 0.15) is 32.5 Å². The molecule has 21 heavy (non-hydrogen) atoms. The summed E-state index contributed by atoms with van der Waals surface area (Å²) in [5, 5.41) is 12.3. The minimum atomic E-state index is -0.0534. The normalized spacial score (nSPS) is 20.4. The Balaban J connectivity index is 1.85. The third-order valence-corrected chi connectivity index (χ3v) is 4.73. The molecule has 110 valence electrons. The Hall–Kier alpha value is -2.02. The Morgan fingerprint density at radius 2 is 2.19 bits per heavy atom. The zero-order valence-electron chi connectivity index (χ0n) is 12.3. The van der Waals surface area contributed by atoms with Crippen molar-refractivity contribution in [1.82, 2.24) is 34.9 Å². The molecule has 1 aliphatic rings. The molecule has 0 amide bonds. The summed E-state index contributed by atoms with van der Waals surface area (Å²) in [7, 11) is 0. The molecule has 1 aliphatic heterocycles. The minimum Gasteiger partial charge on any atom is -0.340 e. The number of hydrogen-bond donors (Lipinski definition) is 2. The van der Waals surface area contributed by atoms with E-state index in [2.05, 4.69) is 44.3 Å². The molecule has 7 heteroatoms. The van der Waals surface area contributed by atoms with E-state index in [1.54, 1.807) is 12.7 Å². The van der Waals surface area contributed by atoms with Gasteiger partial charge in [-0.2, -0.15) is 0 Å². The van der Waals surface area contributed by atoms with Gasteiger partial charge >= 0.3 is 0 Å². The number of aromatic nitrogens is 6. The van der Waals surface area contributed by atoms with E-state index >= 15 is 0 Å². The van der Waals surface area contributed by atoms with Crippen LogP contribution >= 0.6 is 0 Å². The maximum absolute atomic E-state index is 4.47. The molecule has 1 unspecified atom stereocenters. The fourth-order valence-corrected chi connectivity index (χ4v) is 3.32. The van der Waals surface area contributed by atoms with Gasteiger partial charge in [-0.3, -0.25) is 4.40 Å². The molecule has 1 atom stereocenters. The minimum absolute atomic E-state index is 0.0534. The highest BCUT2D eigenvalue weighted by atomic mass is 15.3. The number of H-pyrrole nitrogens is 1. The molecule has 1 saturated heterocycles. The molecule has 0 spiro atoms. The summed E-state index contributed by atoms with van der Waals surface area (Å²) in [4.78, 5) is 11.7. The molecule has 3 aromatic rings. The van der Waals surface area contributed by atoms with Gasteiger partial charge in [0.25, 0.3) is 0 Å². The van der Waals surface area contributed by atoms with Gasteiger partial charge in [0.05, 0.1) is 6.33 Å². The maximum Gasteiger partial charge on any atom is 0.189 e. The molecule has 2 N–H and O–H groups in total. The van der Waals surface area contributed by atoms with Gasteiger partial charge in [0.1, 0.15) is 17.7 Å². The highest BCUT2D eigenvalue weighted by molar-refractivity contribution is 5.84. The molecule has 0 saturated carbocycles. The van der Waals surface area contributed by atoms with Gasteiger partial charge < -0.3 is 10.3 Å². The van der Waals surface area contributed by atoms with Crippen LogP contribution in [0.2, 0.25) is 0 Å². The molecule has 7 nitrogen and oxygen atoms in total. The largest absolute Gasteiger partial charge is 0.340 e. The van der Waals surface area contributed by atoms with E-state index in [-0.39, 0.29) is 5.41 Å². The number of nitrogens with zero attached hydrogens (tertiary/aromatic N) is 5. The first-order valence-corrected chi connectivity index (χ1v) is 7.42. The lowest BCUT2D eigenvalue weighted by molar-refractivity contribution is 0.240. The van der Waals surface area contributed by atoms with Gasteiger partial charge in [-0.15, -0.1) is 10.2 Å². The quantitative estimate of drug-likeness (QED) is 0.741. The molecule has 3 aromatic heterocycles. The summed E-state index contributed by atoms with van der Waals surface area (Å²) in [5.41, 5.74) is 2.26. The molecule has 0 aliphatic carbocycles. The number of hydrogen-bond acceptors (Lipinski definition) is 5. The standard InChI is InChI=1S/C14H19N7/c1-14(2,9-4-3-5-15-6-9)13-20-19-12-10-11(17-7-16-10)18-8-21(12)13/h7-9,15H,3-6H2,1-2H3,(H,16,17). The van der Waals surface area contributed by atoms with Crippen LogP contribution < -0.4 is 5.32 Å². The van der Waals surface area contributed by atoms with E-state index in [1.807, 2.05) is 4.40 Å². The zero-order valence-corrected chi connectivity index (χ0v) is 12.3. The van der Waals surface area contributed by atoms with Crippen molar-refractivity contribution in [2.75, 3.05) is 13.1 Å². The molecular weight excluding hydrogens is 266 g/mol. The van der Waals surface area contributed by atoms with Crippen LogP contribution in [0.3, 0.4) is 0 Å². The third-order valence-electron chi connectivity index (χ3n) is 4.73. The highest BCUT2D eigenvalue weighted by Crippen LogP contribution is 2.34. The summed E-state index contributed by atoms with van der Waals surface area (Å²) in [5.74, 6) is 1.52. The van der Waals surface area contributed by atoms with Crippen LogP contribution in [-0.2, 0) is 5.41 Å². The number of imidazole rings is 1. The second-order valence-corrected chi connectivity index (χ2v) is 6.33. The molecule has 0 bridgehead atoms.